The first kappa shape index (κ1) is 14.5. The predicted octanol–water partition coefficient (Wildman–Crippen LogP) is 2.97. The van der Waals surface area contributed by atoms with Gasteiger partial charge in [-0.05, 0) is 59.9 Å². The van der Waals surface area contributed by atoms with E-state index in [-0.39, 0.29) is 5.91 Å². The number of benzene rings is 1. The minimum absolute atomic E-state index is 0.0295. The van der Waals surface area contributed by atoms with Gasteiger partial charge in [0.05, 0.1) is 5.56 Å². The lowest BCUT2D eigenvalue weighted by Crippen LogP contribution is -2.44. The molecule has 3 nitrogen and oxygen atoms in total. The molecule has 4 heteroatoms. The molecule has 1 aliphatic rings. The van der Waals surface area contributed by atoms with Crippen LogP contribution in [0.4, 0.5) is 0 Å². The molecule has 1 amide bonds. The number of rotatable bonds is 3. The zero-order valence-corrected chi connectivity index (χ0v) is 13.2. The van der Waals surface area contributed by atoms with Crippen molar-refractivity contribution in [2.45, 2.75) is 32.7 Å². The number of hydrogen-bond acceptors (Lipinski definition) is 2. The maximum Gasteiger partial charge on any atom is 0.252 e. The van der Waals surface area contributed by atoms with Crippen LogP contribution >= 0.6 is 15.9 Å². The summed E-state index contributed by atoms with van der Waals surface area (Å²) in [6.45, 7) is 7.46. The molecule has 0 unspecified atom stereocenters. The normalized spacial score (nSPS) is 17.4. The fraction of sp³-hybridized carbons (Fsp3) is 0.533. The molecule has 104 valence electrons. The molecule has 1 aliphatic heterocycles. The van der Waals surface area contributed by atoms with Gasteiger partial charge in [0.2, 0.25) is 0 Å². The molecule has 0 saturated carbocycles. The van der Waals surface area contributed by atoms with Crippen molar-refractivity contribution < 1.29 is 4.79 Å². The summed E-state index contributed by atoms with van der Waals surface area (Å²) in [5.41, 5.74) is 1.88. The molecule has 1 fully saturated rings. The third-order valence-electron chi connectivity index (χ3n) is 3.74. The number of carbonyl (C=O) groups excluding carboxylic acids is 1. The van der Waals surface area contributed by atoms with E-state index >= 15 is 0 Å². The van der Waals surface area contributed by atoms with Gasteiger partial charge < -0.3 is 10.2 Å². The van der Waals surface area contributed by atoms with Crippen LogP contribution in [0.5, 0.6) is 0 Å². The third-order valence-corrected chi connectivity index (χ3v) is 4.40. The molecule has 1 heterocycles. The van der Waals surface area contributed by atoms with E-state index in [0.717, 1.165) is 48.1 Å². The average molecular weight is 325 g/mol. The van der Waals surface area contributed by atoms with Gasteiger partial charge in [0, 0.05) is 23.6 Å². The lowest BCUT2D eigenvalue weighted by atomic mass is 10.0. The number of piperidine rings is 1. The Morgan fingerprint density at radius 3 is 2.68 bits per heavy atom. The SMILES string of the molecule is CCN1CCC(NC(=O)c2ccc(C)cc2Br)CC1. The highest BCUT2D eigenvalue weighted by molar-refractivity contribution is 9.10. The summed E-state index contributed by atoms with van der Waals surface area (Å²) < 4.78 is 0.871. The summed E-state index contributed by atoms with van der Waals surface area (Å²) in [5.74, 6) is 0.0295. The number of halogens is 1. The standard InChI is InChI=1S/C15H21BrN2O/c1-3-18-8-6-12(7-9-18)17-15(19)13-5-4-11(2)10-14(13)16/h4-5,10,12H,3,6-9H2,1-2H3,(H,17,19). The summed E-state index contributed by atoms with van der Waals surface area (Å²) >= 11 is 3.46. The van der Waals surface area contributed by atoms with Crippen molar-refractivity contribution in [2.75, 3.05) is 19.6 Å². The fourth-order valence-corrected chi connectivity index (χ4v) is 3.13. The molecule has 1 N–H and O–H groups in total. The highest BCUT2D eigenvalue weighted by Gasteiger charge is 2.20. The zero-order chi connectivity index (χ0) is 13.8. The Labute approximate surface area is 123 Å². The molecule has 19 heavy (non-hydrogen) atoms. The van der Waals surface area contributed by atoms with Crippen molar-refractivity contribution in [3.8, 4) is 0 Å². The fourth-order valence-electron chi connectivity index (χ4n) is 2.46. The van der Waals surface area contributed by atoms with Crippen LogP contribution < -0.4 is 5.32 Å². The van der Waals surface area contributed by atoms with Crippen LogP contribution in [0, 0.1) is 6.92 Å². The minimum atomic E-state index is 0.0295. The topological polar surface area (TPSA) is 32.3 Å². The average Bonchev–Trinajstić information content (AvgIpc) is 2.39. The van der Waals surface area contributed by atoms with E-state index in [9.17, 15) is 4.79 Å². The van der Waals surface area contributed by atoms with Gasteiger partial charge in [-0.2, -0.15) is 0 Å². The van der Waals surface area contributed by atoms with Crippen LogP contribution in [0.1, 0.15) is 35.7 Å². The molecule has 1 aromatic carbocycles. The van der Waals surface area contributed by atoms with E-state index in [4.69, 9.17) is 0 Å². The van der Waals surface area contributed by atoms with Crippen molar-refractivity contribution in [3.63, 3.8) is 0 Å². The number of likely N-dealkylation sites (tertiary alicyclic amines) is 1. The summed E-state index contributed by atoms with van der Waals surface area (Å²) in [6.07, 6.45) is 2.09. The Hall–Kier alpha value is -0.870. The highest BCUT2D eigenvalue weighted by atomic mass is 79.9. The molecular weight excluding hydrogens is 304 g/mol. The Kier molecular flexibility index (Phi) is 4.99. The van der Waals surface area contributed by atoms with Crippen LogP contribution in [-0.2, 0) is 0 Å². The second-order valence-electron chi connectivity index (χ2n) is 5.17. The van der Waals surface area contributed by atoms with E-state index < -0.39 is 0 Å². The minimum Gasteiger partial charge on any atom is -0.349 e. The molecule has 0 bridgehead atoms. The van der Waals surface area contributed by atoms with Crippen molar-refractivity contribution in [3.05, 3.63) is 33.8 Å². The molecule has 0 radical (unpaired) electrons. The third kappa shape index (κ3) is 3.80. The van der Waals surface area contributed by atoms with Gasteiger partial charge in [-0.15, -0.1) is 0 Å². The summed E-state index contributed by atoms with van der Waals surface area (Å²) in [5, 5.41) is 3.14. The number of hydrogen-bond donors (Lipinski definition) is 1. The Balaban J connectivity index is 1.94. The summed E-state index contributed by atoms with van der Waals surface area (Å²) in [7, 11) is 0. The van der Waals surface area contributed by atoms with Crippen LogP contribution in [0.25, 0.3) is 0 Å². The first-order valence-corrected chi connectivity index (χ1v) is 7.69. The van der Waals surface area contributed by atoms with Gasteiger partial charge in [-0.1, -0.05) is 13.0 Å². The van der Waals surface area contributed by atoms with Crippen LogP contribution in [0.2, 0.25) is 0 Å². The number of nitrogens with zero attached hydrogens (tertiary/aromatic N) is 1. The van der Waals surface area contributed by atoms with E-state index in [1.165, 1.54) is 0 Å². The van der Waals surface area contributed by atoms with Crippen molar-refractivity contribution in [1.29, 1.82) is 0 Å². The molecule has 2 rings (SSSR count). The van der Waals surface area contributed by atoms with Crippen LogP contribution in [0.15, 0.2) is 22.7 Å². The van der Waals surface area contributed by atoms with Crippen molar-refractivity contribution in [2.24, 2.45) is 0 Å². The van der Waals surface area contributed by atoms with E-state index in [1.54, 1.807) is 0 Å². The highest BCUT2D eigenvalue weighted by Crippen LogP contribution is 2.19. The maximum absolute atomic E-state index is 12.2. The molecule has 0 aliphatic carbocycles. The van der Waals surface area contributed by atoms with Gasteiger partial charge in [0.15, 0.2) is 0 Å². The van der Waals surface area contributed by atoms with E-state index in [1.807, 2.05) is 25.1 Å². The second kappa shape index (κ2) is 6.53. The molecule has 0 aromatic heterocycles. The first-order valence-electron chi connectivity index (χ1n) is 6.89. The lowest BCUT2D eigenvalue weighted by molar-refractivity contribution is 0.0912. The number of aryl methyl sites for hydroxylation is 1. The van der Waals surface area contributed by atoms with Gasteiger partial charge in [0.25, 0.3) is 5.91 Å². The summed E-state index contributed by atoms with van der Waals surface area (Å²) in [6, 6.07) is 6.15. The largest absolute Gasteiger partial charge is 0.349 e. The molecular formula is C15H21BrN2O. The number of carbonyl (C=O) groups is 1. The van der Waals surface area contributed by atoms with Crippen LogP contribution in [0.3, 0.4) is 0 Å². The second-order valence-corrected chi connectivity index (χ2v) is 6.02. The molecule has 1 saturated heterocycles. The van der Waals surface area contributed by atoms with Crippen molar-refractivity contribution >= 4 is 21.8 Å². The van der Waals surface area contributed by atoms with Gasteiger partial charge >= 0.3 is 0 Å². The van der Waals surface area contributed by atoms with Gasteiger partial charge in [-0.25, -0.2) is 0 Å². The molecule has 0 atom stereocenters. The zero-order valence-electron chi connectivity index (χ0n) is 11.6. The van der Waals surface area contributed by atoms with Crippen molar-refractivity contribution in [1.82, 2.24) is 10.2 Å². The Bertz CT molecular complexity index is 453. The maximum atomic E-state index is 12.2. The Morgan fingerprint density at radius 2 is 2.11 bits per heavy atom. The lowest BCUT2D eigenvalue weighted by Gasteiger charge is -2.31. The van der Waals surface area contributed by atoms with Gasteiger partial charge in [-0.3, -0.25) is 4.79 Å². The smallest absolute Gasteiger partial charge is 0.252 e. The first-order chi connectivity index (χ1) is 9.10. The molecule has 1 aromatic rings. The van der Waals surface area contributed by atoms with E-state index in [0.29, 0.717) is 6.04 Å². The summed E-state index contributed by atoms with van der Waals surface area (Å²) in [4.78, 5) is 14.7. The Morgan fingerprint density at radius 1 is 1.42 bits per heavy atom. The molecule has 0 spiro atoms. The van der Waals surface area contributed by atoms with Crippen LogP contribution in [-0.4, -0.2) is 36.5 Å². The van der Waals surface area contributed by atoms with Gasteiger partial charge in [0.1, 0.15) is 0 Å². The van der Waals surface area contributed by atoms with E-state index in [2.05, 4.69) is 33.1 Å². The number of nitrogens with one attached hydrogen (secondary N) is 1. The monoisotopic (exact) mass is 324 g/mol. The quantitative estimate of drug-likeness (QED) is 0.927. The number of amides is 1. The predicted molar refractivity (Wildman–Crippen MR) is 81.5 cm³/mol.